The largest absolute Gasteiger partial charge is 0.453 e. The highest BCUT2D eigenvalue weighted by Gasteiger charge is 2.10. The Morgan fingerprint density at radius 2 is 2.29 bits per heavy atom. The van der Waals surface area contributed by atoms with E-state index in [0.717, 1.165) is 16.9 Å². The number of aromatic nitrogens is 2. The Labute approximate surface area is 99.2 Å². The summed E-state index contributed by atoms with van der Waals surface area (Å²) in [5.74, 6) is 0.857. The minimum atomic E-state index is -0.423. The van der Waals surface area contributed by atoms with Gasteiger partial charge in [0.15, 0.2) is 0 Å². The summed E-state index contributed by atoms with van der Waals surface area (Å²) < 4.78 is 4.54. The summed E-state index contributed by atoms with van der Waals surface area (Å²) in [6, 6.07) is 7.81. The first-order chi connectivity index (χ1) is 8.19. The Morgan fingerprint density at radius 3 is 3.00 bits per heavy atom. The topological polar surface area (TPSA) is 67.0 Å². The van der Waals surface area contributed by atoms with Gasteiger partial charge in [-0.15, -0.1) is 0 Å². The van der Waals surface area contributed by atoms with Gasteiger partial charge in [0.1, 0.15) is 5.82 Å². The lowest BCUT2D eigenvalue weighted by Gasteiger charge is -2.10. The van der Waals surface area contributed by atoms with Crippen molar-refractivity contribution in [3.63, 3.8) is 0 Å². The predicted octanol–water partition coefficient (Wildman–Crippen LogP) is 1.85. The first-order valence-electron chi connectivity index (χ1n) is 5.47. The van der Waals surface area contributed by atoms with Crippen LogP contribution >= 0.6 is 0 Å². The van der Waals surface area contributed by atoms with Crippen LogP contribution in [0.25, 0.3) is 11.0 Å². The second kappa shape index (κ2) is 4.86. The second-order valence-corrected chi connectivity index (χ2v) is 3.94. The smallest absolute Gasteiger partial charge is 0.407 e. The molecule has 1 aromatic heterocycles. The van der Waals surface area contributed by atoms with Crippen LogP contribution in [0.15, 0.2) is 24.3 Å². The molecule has 0 saturated heterocycles. The second-order valence-electron chi connectivity index (χ2n) is 3.94. The van der Waals surface area contributed by atoms with Crippen molar-refractivity contribution < 1.29 is 9.53 Å². The third-order valence-corrected chi connectivity index (χ3v) is 2.49. The van der Waals surface area contributed by atoms with E-state index in [1.165, 1.54) is 7.11 Å². The molecule has 90 valence electrons. The van der Waals surface area contributed by atoms with E-state index in [4.69, 9.17) is 0 Å². The van der Waals surface area contributed by atoms with Gasteiger partial charge in [0.05, 0.1) is 18.1 Å². The van der Waals surface area contributed by atoms with Crippen LogP contribution in [0.1, 0.15) is 12.7 Å². The van der Waals surface area contributed by atoms with E-state index in [-0.39, 0.29) is 6.04 Å². The highest BCUT2D eigenvalue weighted by Crippen LogP contribution is 2.11. The average molecular weight is 233 g/mol. The summed E-state index contributed by atoms with van der Waals surface area (Å²) >= 11 is 0. The number of methoxy groups -OCH3 is 1. The van der Waals surface area contributed by atoms with E-state index in [1.54, 1.807) is 0 Å². The summed E-state index contributed by atoms with van der Waals surface area (Å²) in [6.07, 6.45) is 0.220. The molecule has 0 bridgehead atoms. The Balaban J connectivity index is 2.05. The van der Waals surface area contributed by atoms with E-state index in [9.17, 15) is 4.79 Å². The molecule has 0 radical (unpaired) electrons. The van der Waals surface area contributed by atoms with Gasteiger partial charge in [-0.05, 0) is 19.1 Å². The number of fused-ring (bicyclic) bond motifs is 1. The number of nitrogens with one attached hydrogen (secondary N) is 2. The maximum atomic E-state index is 11.0. The van der Waals surface area contributed by atoms with Gasteiger partial charge in [-0.3, -0.25) is 0 Å². The molecule has 2 rings (SSSR count). The Morgan fingerprint density at radius 1 is 1.53 bits per heavy atom. The van der Waals surface area contributed by atoms with Crippen LogP contribution in [0.5, 0.6) is 0 Å². The van der Waals surface area contributed by atoms with Crippen molar-refractivity contribution in [1.29, 1.82) is 0 Å². The number of carbonyl (C=O) groups excluding carboxylic acids is 1. The number of para-hydroxylation sites is 2. The molecule has 1 heterocycles. The first-order valence-corrected chi connectivity index (χ1v) is 5.47. The molecule has 5 heteroatoms. The third kappa shape index (κ3) is 2.75. The molecule has 0 aliphatic heterocycles. The molecule has 0 fully saturated rings. The molecule has 1 atom stereocenters. The Bertz CT molecular complexity index is 488. The molecule has 17 heavy (non-hydrogen) atoms. The average Bonchev–Trinajstić information content (AvgIpc) is 2.70. The molecule has 2 aromatic rings. The minimum absolute atomic E-state index is 0.0250. The van der Waals surface area contributed by atoms with E-state index in [2.05, 4.69) is 20.0 Å². The number of alkyl carbamates (subject to hydrolysis) is 1. The number of amides is 1. The molecule has 0 aliphatic carbocycles. The SMILES string of the molecule is COC(=O)N[C@H](C)Cc1nc2ccccc2[nH]1. The van der Waals surface area contributed by atoms with E-state index in [1.807, 2.05) is 31.2 Å². The van der Waals surface area contributed by atoms with Crippen LogP contribution in [0.2, 0.25) is 0 Å². The number of rotatable bonds is 3. The van der Waals surface area contributed by atoms with Crippen molar-refractivity contribution in [3.05, 3.63) is 30.1 Å². The van der Waals surface area contributed by atoms with Crippen molar-refractivity contribution in [1.82, 2.24) is 15.3 Å². The molecule has 2 N–H and O–H groups in total. The molecule has 1 aromatic carbocycles. The Hall–Kier alpha value is -2.04. The van der Waals surface area contributed by atoms with Gasteiger partial charge in [0, 0.05) is 12.5 Å². The lowest BCUT2D eigenvalue weighted by molar-refractivity contribution is 0.167. The number of nitrogens with zero attached hydrogens (tertiary/aromatic N) is 1. The molecule has 0 unspecified atom stereocenters. The van der Waals surface area contributed by atoms with E-state index < -0.39 is 6.09 Å². The number of H-pyrrole nitrogens is 1. The van der Waals surface area contributed by atoms with Gasteiger partial charge in [0.25, 0.3) is 0 Å². The van der Waals surface area contributed by atoms with Gasteiger partial charge < -0.3 is 15.0 Å². The zero-order valence-corrected chi connectivity index (χ0v) is 9.86. The monoisotopic (exact) mass is 233 g/mol. The van der Waals surface area contributed by atoms with Crippen LogP contribution < -0.4 is 5.32 Å². The molecule has 5 nitrogen and oxygen atoms in total. The van der Waals surface area contributed by atoms with Crippen LogP contribution in [-0.4, -0.2) is 29.2 Å². The van der Waals surface area contributed by atoms with E-state index in [0.29, 0.717) is 6.42 Å². The third-order valence-electron chi connectivity index (χ3n) is 2.49. The first kappa shape index (κ1) is 11.4. The fourth-order valence-electron chi connectivity index (χ4n) is 1.70. The van der Waals surface area contributed by atoms with Crippen LogP contribution in [0.4, 0.5) is 4.79 Å². The molecular weight excluding hydrogens is 218 g/mol. The van der Waals surface area contributed by atoms with Crippen LogP contribution in [-0.2, 0) is 11.2 Å². The van der Waals surface area contributed by atoms with Gasteiger partial charge in [-0.25, -0.2) is 9.78 Å². The summed E-state index contributed by atoms with van der Waals surface area (Å²) in [4.78, 5) is 18.7. The normalized spacial score (nSPS) is 12.4. The summed E-state index contributed by atoms with van der Waals surface area (Å²) in [6.45, 7) is 1.91. The van der Waals surface area contributed by atoms with Crippen molar-refractivity contribution >= 4 is 17.1 Å². The highest BCUT2D eigenvalue weighted by molar-refractivity contribution is 5.74. The maximum Gasteiger partial charge on any atom is 0.407 e. The van der Waals surface area contributed by atoms with Gasteiger partial charge in [-0.1, -0.05) is 12.1 Å². The number of hydrogen-bond acceptors (Lipinski definition) is 3. The van der Waals surface area contributed by atoms with Crippen molar-refractivity contribution in [2.24, 2.45) is 0 Å². The molecular formula is C12H15N3O2. The zero-order valence-electron chi connectivity index (χ0n) is 9.86. The number of aromatic amines is 1. The quantitative estimate of drug-likeness (QED) is 0.850. The van der Waals surface area contributed by atoms with E-state index >= 15 is 0 Å². The van der Waals surface area contributed by atoms with Crippen LogP contribution in [0, 0.1) is 0 Å². The number of carbonyl (C=O) groups is 1. The van der Waals surface area contributed by atoms with Gasteiger partial charge >= 0.3 is 6.09 Å². The van der Waals surface area contributed by atoms with Crippen molar-refractivity contribution in [2.45, 2.75) is 19.4 Å². The zero-order chi connectivity index (χ0) is 12.3. The number of ether oxygens (including phenoxy) is 1. The van der Waals surface area contributed by atoms with Crippen molar-refractivity contribution in [3.8, 4) is 0 Å². The summed E-state index contributed by atoms with van der Waals surface area (Å²) in [5.41, 5.74) is 1.94. The Kier molecular flexibility index (Phi) is 3.27. The number of hydrogen-bond donors (Lipinski definition) is 2. The fraction of sp³-hybridized carbons (Fsp3) is 0.333. The maximum absolute atomic E-state index is 11.0. The number of imidazole rings is 1. The van der Waals surface area contributed by atoms with Gasteiger partial charge in [0.2, 0.25) is 0 Å². The molecule has 0 aliphatic rings. The minimum Gasteiger partial charge on any atom is -0.453 e. The molecule has 0 spiro atoms. The highest BCUT2D eigenvalue weighted by atomic mass is 16.5. The van der Waals surface area contributed by atoms with Crippen molar-refractivity contribution in [2.75, 3.05) is 7.11 Å². The standard InChI is InChI=1S/C12H15N3O2/c1-8(13-12(16)17-2)7-11-14-9-5-3-4-6-10(9)15-11/h3-6,8H,7H2,1-2H3,(H,13,16)(H,14,15)/t8-/m1/s1. The molecule has 0 saturated carbocycles. The number of benzene rings is 1. The lowest BCUT2D eigenvalue weighted by atomic mass is 10.2. The molecule has 1 amide bonds. The predicted molar refractivity (Wildman–Crippen MR) is 64.8 cm³/mol. The summed E-state index contributed by atoms with van der Waals surface area (Å²) in [5, 5.41) is 2.70. The van der Waals surface area contributed by atoms with Gasteiger partial charge in [-0.2, -0.15) is 0 Å². The summed E-state index contributed by atoms with van der Waals surface area (Å²) in [7, 11) is 1.35. The fourth-order valence-corrected chi connectivity index (χ4v) is 1.70. The van der Waals surface area contributed by atoms with Crippen LogP contribution in [0.3, 0.4) is 0 Å². The lowest BCUT2D eigenvalue weighted by Crippen LogP contribution is -2.34.